The number of nitrogens with zero attached hydrogens (tertiary/aromatic N) is 1. The molecular formula is C13H17NO2. The van der Waals surface area contributed by atoms with Crippen LogP contribution in [0.3, 0.4) is 0 Å². The van der Waals surface area contributed by atoms with Crippen LogP contribution in [0, 0.1) is 0 Å². The van der Waals surface area contributed by atoms with Gasteiger partial charge in [-0.2, -0.15) is 0 Å². The Morgan fingerprint density at radius 3 is 2.81 bits per heavy atom. The highest BCUT2D eigenvalue weighted by atomic mass is 16.6. The van der Waals surface area contributed by atoms with E-state index in [1.54, 1.807) is 6.08 Å². The molecule has 16 heavy (non-hydrogen) atoms. The van der Waals surface area contributed by atoms with Crippen LogP contribution in [0.4, 0.5) is 0 Å². The first-order valence-electron chi connectivity index (χ1n) is 5.21. The van der Waals surface area contributed by atoms with Gasteiger partial charge in [-0.1, -0.05) is 41.6 Å². The zero-order valence-corrected chi connectivity index (χ0v) is 9.68. The van der Waals surface area contributed by atoms with E-state index in [0.717, 1.165) is 17.7 Å². The van der Waals surface area contributed by atoms with Gasteiger partial charge in [0.15, 0.2) is 0 Å². The second-order valence-electron chi connectivity index (χ2n) is 3.37. The van der Waals surface area contributed by atoms with Crippen LogP contribution < -0.4 is 0 Å². The van der Waals surface area contributed by atoms with Gasteiger partial charge >= 0.3 is 0 Å². The van der Waals surface area contributed by atoms with E-state index in [0.29, 0.717) is 0 Å². The fourth-order valence-electron chi connectivity index (χ4n) is 1.52. The highest BCUT2D eigenvalue weighted by Crippen LogP contribution is 2.11. The molecule has 0 aromatic heterocycles. The molecule has 0 radical (unpaired) electrons. The average molecular weight is 219 g/mol. The third kappa shape index (κ3) is 3.51. The summed E-state index contributed by atoms with van der Waals surface area (Å²) in [7, 11) is 1.54. The van der Waals surface area contributed by atoms with Crippen molar-refractivity contribution < 1.29 is 9.94 Å². The minimum Gasteiger partial charge on any atom is -0.399 e. The molecule has 3 nitrogen and oxygen atoms in total. The average Bonchev–Trinajstić information content (AvgIpc) is 2.30. The molecule has 0 amide bonds. The molecule has 0 unspecified atom stereocenters. The van der Waals surface area contributed by atoms with E-state index >= 15 is 0 Å². The van der Waals surface area contributed by atoms with Crippen molar-refractivity contribution in [3.8, 4) is 0 Å². The van der Waals surface area contributed by atoms with Crippen molar-refractivity contribution in [3.63, 3.8) is 0 Å². The minimum atomic E-state index is 0.0767. The Morgan fingerprint density at radius 2 is 2.12 bits per heavy atom. The molecule has 0 spiro atoms. The summed E-state index contributed by atoms with van der Waals surface area (Å²) < 4.78 is 0. The van der Waals surface area contributed by atoms with Gasteiger partial charge in [0.05, 0.1) is 12.3 Å². The lowest BCUT2D eigenvalue weighted by molar-refractivity contribution is 0.213. The SMILES string of the molecule is CO/N=C(\C)c1ccccc1C/C=C/CO. The molecule has 0 aliphatic heterocycles. The summed E-state index contributed by atoms with van der Waals surface area (Å²) in [5, 5.41) is 12.6. The standard InChI is InChI=1S/C13H17NO2/c1-11(14-16-2)13-9-4-3-7-12(13)8-5-6-10-15/h3-7,9,15H,8,10H2,1-2H3/b6-5+,14-11+. The number of aliphatic hydroxyl groups is 1. The Kier molecular flexibility index (Phi) is 5.29. The fraction of sp³-hybridized carbons (Fsp3) is 0.308. The van der Waals surface area contributed by atoms with E-state index < -0.39 is 0 Å². The number of hydrogen-bond acceptors (Lipinski definition) is 3. The van der Waals surface area contributed by atoms with Gasteiger partial charge in [-0.25, -0.2) is 0 Å². The summed E-state index contributed by atoms with van der Waals surface area (Å²) in [6.07, 6.45) is 4.46. The predicted molar refractivity (Wildman–Crippen MR) is 65.6 cm³/mol. The Morgan fingerprint density at radius 1 is 1.38 bits per heavy atom. The lowest BCUT2D eigenvalue weighted by Gasteiger charge is -2.06. The van der Waals surface area contributed by atoms with Crippen LogP contribution in [0.15, 0.2) is 41.6 Å². The lowest BCUT2D eigenvalue weighted by atomic mass is 10.0. The van der Waals surface area contributed by atoms with Crippen molar-refractivity contribution in [3.05, 3.63) is 47.5 Å². The van der Waals surface area contributed by atoms with Crippen LogP contribution in [0.1, 0.15) is 18.1 Å². The molecule has 1 rings (SSSR count). The number of aliphatic hydroxyl groups excluding tert-OH is 1. The lowest BCUT2D eigenvalue weighted by Crippen LogP contribution is -2.00. The molecule has 1 aromatic rings. The Bertz CT molecular complexity index is 383. The Balaban J connectivity index is 2.91. The molecule has 0 atom stereocenters. The molecule has 0 aliphatic carbocycles. The van der Waals surface area contributed by atoms with Gasteiger partial charge in [0.1, 0.15) is 7.11 Å². The molecule has 0 bridgehead atoms. The fourth-order valence-corrected chi connectivity index (χ4v) is 1.52. The monoisotopic (exact) mass is 219 g/mol. The van der Waals surface area contributed by atoms with Crippen LogP contribution in [-0.2, 0) is 11.3 Å². The maximum Gasteiger partial charge on any atom is 0.106 e. The molecule has 0 heterocycles. The zero-order chi connectivity index (χ0) is 11.8. The van der Waals surface area contributed by atoms with Crippen molar-refractivity contribution >= 4 is 5.71 Å². The summed E-state index contributed by atoms with van der Waals surface area (Å²) in [6.45, 7) is 1.99. The Hall–Kier alpha value is -1.61. The number of hydrogen-bond donors (Lipinski definition) is 1. The van der Waals surface area contributed by atoms with Crippen LogP contribution in [-0.4, -0.2) is 24.5 Å². The van der Waals surface area contributed by atoms with E-state index in [1.807, 2.05) is 37.3 Å². The van der Waals surface area contributed by atoms with Gasteiger partial charge < -0.3 is 9.94 Å². The van der Waals surface area contributed by atoms with E-state index in [9.17, 15) is 0 Å². The molecule has 1 N–H and O–H groups in total. The Labute approximate surface area is 96.1 Å². The van der Waals surface area contributed by atoms with Crippen molar-refractivity contribution in [2.24, 2.45) is 5.16 Å². The molecule has 0 fully saturated rings. The molecule has 1 aromatic carbocycles. The number of oxime groups is 1. The first-order valence-corrected chi connectivity index (χ1v) is 5.21. The summed E-state index contributed by atoms with van der Waals surface area (Å²) in [5.41, 5.74) is 3.10. The topological polar surface area (TPSA) is 41.8 Å². The summed E-state index contributed by atoms with van der Waals surface area (Å²) in [5.74, 6) is 0. The molecule has 3 heteroatoms. The first kappa shape index (κ1) is 12.5. The highest BCUT2D eigenvalue weighted by molar-refractivity contribution is 5.99. The molecule has 0 saturated heterocycles. The van der Waals surface area contributed by atoms with E-state index in [1.165, 1.54) is 12.7 Å². The van der Waals surface area contributed by atoms with E-state index in [-0.39, 0.29) is 6.61 Å². The second-order valence-corrected chi connectivity index (χ2v) is 3.37. The summed E-state index contributed by atoms with van der Waals surface area (Å²) in [6, 6.07) is 8.03. The van der Waals surface area contributed by atoms with Crippen LogP contribution >= 0.6 is 0 Å². The van der Waals surface area contributed by atoms with Gasteiger partial charge in [0.2, 0.25) is 0 Å². The van der Waals surface area contributed by atoms with Crippen molar-refractivity contribution in [2.75, 3.05) is 13.7 Å². The van der Waals surface area contributed by atoms with Crippen LogP contribution in [0.25, 0.3) is 0 Å². The molecular weight excluding hydrogens is 202 g/mol. The van der Waals surface area contributed by atoms with Gasteiger partial charge in [-0.3, -0.25) is 0 Å². The van der Waals surface area contributed by atoms with Gasteiger partial charge in [0, 0.05) is 5.56 Å². The highest BCUT2D eigenvalue weighted by Gasteiger charge is 2.03. The van der Waals surface area contributed by atoms with E-state index in [2.05, 4.69) is 5.16 Å². The quantitative estimate of drug-likeness (QED) is 0.468. The summed E-state index contributed by atoms with van der Waals surface area (Å²) in [4.78, 5) is 4.77. The predicted octanol–water partition coefficient (Wildman–Crippen LogP) is 2.15. The maximum atomic E-state index is 8.68. The maximum absolute atomic E-state index is 8.68. The van der Waals surface area contributed by atoms with Crippen molar-refractivity contribution in [1.29, 1.82) is 0 Å². The van der Waals surface area contributed by atoms with Crippen molar-refractivity contribution in [1.82, 2.24) is 0 Å². The smallest absolute Gasteiger partial charge is 0.106 e. The van der Waals surface area contributed by atoms with Gasteiger partial charge in [0.25, 0.3) is 0 Å². The minimum absolute atomic E-state index is 0.0767. The number of rotatable bonds is 5. The van der Waals surface area contributed by atoms with E-state index in [4.69, 9.17) is 9.94 Å². The third-order valence-electron chi connectivity index (χ3n) is 2.25. The molecule has 86 valence electrons. The largest absolute Gasteiger partial charge is 0.399 e. The van der Waals surface area contributed by atoms with Crippen LogP contribution in [0.5, 0.6) is 0 Å². The number of allylic oxidation sites excluding steroid dienone is 1. The van der Waals surface area contributed by atoms with Crippen LogP contribution in [0.2, 0.25) is 0 Å². The summed E-state index contributed by atoms with van der Waals surface area (Å²) >= 11 is 0. The van der Waals surface area contributed by atoms with Gasteiger partial charge in [-0.15, -0.1) is 0 Å². The zero-order valence-electron chi connectivity index (χ0n) is 9.68. The molecule has 0 saturated carbocycles. The van der Waals surface area contributed by atoms with Crippen molar-refractivity contribution in [2.45, 2.75) is 13.3 Å². The first-order chi connectivity index (χ1) is 7.79. The van der Waals surface area contributed by atoms with Gasteiger partial charge in [-0.05, 0) is 18.9 Å². The second kappa shape index (κ2) is 6.80. The number of benzene rings is 1. The normalized spacial score (nSPS) is 12.1. The third-order valence-corrected chi connectivity index (χ3v) is 2.25. The molecule has 0 aliphatic rings.